The monoisotopic (exact) mass is 310 g/mol. The van der Waals surface area contributed by atoms with Crippen LogP contribution in [-0.4, -0.2) is 17.4 Å². The minimum absolute atomic E-state index is 0.00498. The van der Waals surface area contributed by atoms with Crippen molar-refractivity contribution < 1.29 is 9.72 Å². The summed E-state index contributed by atoms with van der Waals surface area (Å²) in [5.74, 6) is -0.103. The summed E-state index contributed by atoms with van der Waals surface area (Å²) >= 11 is 0. The highest BCUT2D eigenvalue weighted by Crippen LogP contribution is 2.27. The maximum absolute atomic E-state index is 12.9. The molecular formula is C18H18N2O3. The summed E-state index contributed by atoms with van der Waals surface area (Å²) < 4.78 is 0. The van der Waals surface area contributed by atoms with Crippen LogP contribution in [0, 0.1) is 10.1 Å². The second kappa shape index (κ2) is 6.60. The van der Waals surface area contributed by atoms with Gasteiger partial charge in [0.2, 0.25) is 0 Å². The summed E-state index contributed by atoms with van der Waals surface area (Å²) in [7, 11) is 0. The summed E-state index contributed by atoms with van der Waals surface area (Å²) in [6.07, 6.45) is 4.17. The number of para-hydroxylation sites is 1. The first-order valence-corrected chi connectivity index (χ1v) is 7.81. The van der Waals surface area contributed by atoms with Crippen LogP contribution >= 0.6 is 0 Å². The third kappa shape index (κ3) is 3.23. The number of nitrogens with zero attached hydrogens (tertiary/aromatic N) is 2. The van der Waals surface area contributed by atoms with Crippen molar-refractivity contribution in [1.29, 1.82) is 0 Å². The molecule has 0 spiro atoms. The smallest absolute Gasteiger partial charge is 0.269 e. The molecule has 5 nitrogen and oxygen atoms in total. The van der Waals surface area contributed by atoms with E-state index in [9.17, 15) is 14.9 Å². The van der Waals surface area contributed by atoms with Crippen LogP contribution < -0.4 is 4.90 Å². The Morgan fingerprint density at radius 2 is 1.74 bits per heavy atom. The van der Waals surface area contributed by atoms with Crippen molar-refractivity contribution in [3.63, 3.8) is 0 Å². The SMILES string of the molecule is O=C(c1ccc([N+](=O)[O-])cc1)N1CCCCCc2ccccc21. The summed E-state index contributed by atoms with van der Waals surface area (Å²) in [5, 5.41) is 10.7. The molecular weight excluding hydrogens is 292 g/mol. The van der Waals surface area contributed by atoms with E-state index in [0.717, 1.165) is 31.4 Å². The van der Waals surface area contributed by atoms with Crippen molar-refractivity contribution in [2.75, 3.05) is 11.4 Å². The molecule has 2 aromatic carbocycles. The fraction of sp³-hybridized carbons (Fsp3) is 0.278. The van der Waals surface area contributed by atoms with E-state index in [0.29, 0.717) is 12.1 Å². The van der Waals surface area contributed by atoms with E-state index in [1.54, 1.807) is 4.90 Å². The number of carbonyl (C=O) groups is 1. The van der Waals surface area contributed by atoms with Gasteiger partial charge in [0, 0.05) is 29.9 Å². The van der Waals surface area contributed by atoms with Gasteiger partial charge < -0.3 is 4.90 Å². The lowest BCUT2D eigenvalue weighted by atomic mass is 10.0. The molecule has 5 heteroatoms. The highest BCUT2D eigenvalue weighted by molar-refractivity contribution is 6.06. The van der Waals surface area contributed by atoms with Crippen LogP contribution in [-0.2, 0) is 6.42 Å². The van der Waals surface area contributed by atoms with Crippen LogP contribution in [0.3, 0.4) is 0 Å². The minimum atomic E-state index is -0.459. The Hall–Kier alpha value is -2.69. The van der Waals surface area contributed by atoms with E-state index in [-0.39, 0.29) is 11.6 Å². The average molecular weight is 310 g/mol. The number of hydrogen-bond acceptors (Lipinski definition) is 3. The first-order valence-electron chi connectivity index (χ1n) is 7.81. The van der Waals surface area contributed by atoms with Crippen LogP contribution in [0.1, 0.15) is 35.2 Å². The van der Waals surface area contributed by atoms with Crippen molar-refractivity contribution in [1.82, 2.24) is 0 Å². The topological polar surface area (TPSA) is 63.4 Å². The van der Waals surface area contributed by atoms with Crippen LogP contribution in [0.2, 0.25) is 0 Å². The summed E-state index contributed by atoms with van der Waals surface area (Å²) in [6.45, 7) is 0.673. The fourth-order valence-corrected chi connectivity index (χ4v) is 2.96. The largest absolute Gasteiger partial charge is 0.308 e. The Morgan fingerprint density at radius 1 is 1.00 bits per heavy atom. The molecule has 0 fully saturated rings. The summed E-state index contributed by atoms with van der Waals surface area (Å²) in [5.41, 5.74) is 2.61. The average Bonchev–Trinajstić information content (AvgIpc) is 2.55. The van der Waals surface area contributed by atoms with Crippen LogP contribution in [0.25, 0.3) is 0 Å². The number of anilines is 1. The highest BCUT2D eigenvalue weighted by atomic mass is 16.6. The number of fused-ring (bicyclic) bond motifs is 1. The summed E-state index contributed by atoms with van der Waals surface area (Å²) in [6, 6.07) is 13.8. The van der Waals surface area contributed by atoms with Gasteiger partial charge in [0.05, 0.1) is 4.92 Å². The number of hydrogen-bond donors (Lipinski definition) is 0. The quantitative estimate of drug-likeness (QED) is 0.623. The molecule has 0 N–H and O–H groups in total. The normalized spacial score (nSPS) is 14.5. The van der Waals surface area contributed by atoms with Crippen molar-refractivity contribution in [3.8, 4) is 0 Å². The van der Waals surface area contributed by atoms with Gasteiger partial charge in [0.25, 0.3) is 11.6 Å². The van der Waals surface area contributed by atoms with Gasteiger partial charge >= 0.3 is 0 Å². The molecule has 0 aromatic heterocycles. The number of nitro groups is 1. The van der Waals surface area contributed by atoms with Gasteiger partial charge in [-0.15, -0.1) is 0 Å². The van der Waals surface area contributed by atoms with Crippen molar-refractivity contribution in [3.05, 3.63) is 69.8 Å². The van der Waals surface area contributed by atoms with Gasteiger partial charge in [-0.05, 0) is 43.0 Å². The van der Waals surface area contributed by atoms with E-state index < -0.39 is 4.92 Å². The highest BCUT2D eigenvalue weighted by Gasteiger charge is 2.21. The molecule has 0 bridgehead atoms. The molecule has 3 rings (SSSR count). The Bertz CT molecular complexity index is 725. The number of nitro benzene ring substituents is 1. The Morgan fingerprint density at radius 3 is 2.48 bits per heavy atom. The van der Waals surface area contributed by atoms with Crippen molar-refractivity contribution in [2.24, 2.45) is 0 Å². The van der Waals surface area contributed by atoms with Gasteiger partial charge in [-0.3, -0.25) is 14.9 Å². The first-order chi connectivity index (χ1) is 11.2. The van der Waals surface area contributed by atoms with E-state index in [2.05, 4.69) is 6.07 Å². The Balaban J connectivity index is 1.93. The first kappa shape index (κ1) is 15.2. The number of aryl methyl sites for hydroxylation is 1. The number of amides is 1. The number of rotatable bonds is 2. The maximum Gasteiger partial charge on any atom is 0.269 e. The zero-order valence-corrected chi connectivity index (χ0v) is 12.8. The molecule has 2 aromatic rings. The second-order valence-corrected chi connectivity index (χ2v) is 5.70. The molecule has 0 saturated heterocycles. The van der Waals surface area contributed by atoms with E-state index in [4.69, 9.17) is 0 Å². The van der Waals surface area contributed by atoms with Crippen molar-refractivity contribution in [2.45, 2.75) is 25.7 Å². The molecule has 23 heavy (non-hydrogen) atoms. The summed E-state index contributed by atoms with van der Waals surface area (Å²) in [4.78, 5) is 24.9. The zero-order valence-electron chi connectivity index (χ0n) is 12.8. The number of non-ortho nitro benzene ring substituents is 1. The minimum Gasteiger partial charge on any atom is -0.308 e. The van der Waals surface area contributed by atoms with Crippen molar-refractivity contribution >= 4 is 17.3 Å². The molecule has 1 aliphatic rings. The van der Waals surface area contributed by atoms with E-state index in [1.807, 2.05) is 18.2 Å². The van der Waals surface area contributed by atoms with Gasteiger partial charge in [-0.1, -0.05) is 24.6 Å². The molecule has 1 heterocycles. The van der Waals surface area contributed by atoms with Gasteiger partial charge in [0.1, 0.15) is 0 Å². The second-order valence-electron chi connectivity index (χ2n) is 5.70. The lowest BCUT2D eigenvalue weighted by Gasteiger charge is -2.27. The standard InChI is InChI=1S/C18H18N2O3/c21-18(15-9-11-16(12-10-15)20(22)23)19-13-5-1-2-6-14-7-3-4-8-17(14)19/h3-4,7-12H,1-2,5-6,13H2. The third-order valence-corrected chi connectivity index (χ3v) is 4.18. The molecule has 0 saturated carbocycles. The maximum atomic E-state index is 12.9. The molecule has 1 aliphatic heterocycles. The number of benzene rings is 2. The lowest BCUT2D eigenvalue weighted by molar-refractivity contribution is -0.384. The molecule has 118 valence electrons. The predicted octanol–water partition coefficient (Wildman–Crippen LogP) is 3.97. The molecule has 0 radical (unpaired) electrons. The predicted molar refractivity (Wildman–Crippen MR) is 88.8 cm³/mol. The van der Waals surface area contributed by atoms with Crippen LogP contribution in [0.4, 0.5) is 11.4 Å². The van der Waals surface area contributed by atoms with Crippen LogP contribution in [0.15, 0.2) is 48.5 Å². The molecule has 0 unspecified atom stereocenters. The third-order valence-electron chi connectivity index (χ3n) is 4.18. The van der Waals surface area contributed by atoms with Crippen LogP contribution in [0.5, 0.6) is 0 Å². The Kier molecular flexibility index (Phi) is 4.37. The fourth-order valence-electron chi connectivity index (χ4n) is 2.96. The molecule has 0 atom stereocenters. The van der Waals surface area contributed by atoms with E-state index >= 15 is 0 Å². The van der Waals surface area contributed by atoms with Gasteiger partial charge in [-0.2, -0.15) is 0 Å². The molecule has 1 amide bonds. The van der Waals surface area contributed by atoms with Gasteiger partial charge in [0.15, 0.2) is 0 Å². The number of carbonyl (C=O) groups excluding carboxylic acids is 1. The lowest BCUT2D eigenvalue weighted by Crippen LogP contribution is -2.33. The molecule has 0 aliphatic carbocycles. The Labute approximate surface area is 134 Å². The van der Waals surface area contributed by atoms with E-state index in [1.165, 1.54) is 29.8 Å². The zero-order chi connectivity index (χ0) is 16.2. The van der Waals surface area contributed by atoms with Gasteiger partial charge in [-0.25, -0.2) is 0 Å².